The van der Waals surface area contributed by atoms with E-state index >= 15 is 0 Å². The lowest BCUT2D eigenvalue weighted by atomic mass is 10.1. The van der Waals surface area contributed by atoms with Crippen molar-refractivity contribution in [2.45, 2.75) is 25.8 Å². The average Bonchev–Trinajstić information content (AvgIpc) is 1.91. The molecule has 3 heteroatoms. The van der Waals surface area contributed by atoms with Crippen LogP contribution >= 0.6 is 0 Å². The van der Waals surface area contributed by atoms with Gasteiger partial charge in [-0.15, -0.1) is 0 Å². The molecule has 0 spiro atoms. The molecule has 1 aliphatic heterocycles. The first-order valence-electron chi connectivity index (χ1n) is 3.88. The van der Waals surface area contributed by atoms with Crippen LogP contribution in [0.5, 0.6) is 0 Å². The molecule has 10 heavy (non-hydrogen) atoms. The quantitative estimate of drug-likeness (QED) is 0.439. The first kappa shape index (κ1) is 9.88. The fraction of sp³-hybridized carbons (Fsp3) is 1.00. The van der Waals surface area contributed by atoms with Crippen LogP contribution in [-0.2, 0) is 0 Å². The van der Waals surface area contributed by atoms with Crippen molar-refractivity contribution in [1.82, 2.24) is 5.32 Å². The fourth-order valence-electron chi connectivity index (χ4n) is 0.844. The first-order chi connectivity index (χ1) is 4.81. The number of rotatable bonds is 0. The van der Waals surface area contributed by atoms with Gasteiger partial charge in [0.25, 0.3) is 0 Å². The van der Waals surface area contributed by atoms with Crippen LogP contribution in [0.25, 0.3) is 0 Å². The molecule has 3 nitrogen and oxygen atoms in total. The maximum absolute atomic E-state index is 7.57. The third kappa shape index (κ3) is 6.01. The van der Waals surface area contributed by atoms with Gasteiger partial charge < -0.3 is 16.2 Å². The number of nitrogens with one attached hydrogen (secondary N) is 1. The van der Waals surface area contributed by atoms with Crippen molar-refractivity contribution in [2.75, 3.05) is 19.7 Å². The Balaban J connectivity index is 0.000000236. The summed E-state index contributed by atoms with van der Waals surface area (Å²) in [5, 5.41) is 10.8. The summed E-state index contributed by atoms with van der Waals surface area (Å²) in [6.45, 7) is 4.16. The van der Waals surface area contributed by atoms with Gasteiger partial charge >= 0.3 is 0 Å². The molecule has 0 aromatic heterocycles. The molecule has 0 radical (unpaired) electrons. The molecule has 0 amide bonds. The molecule has 0 aromatic carbocycles. The standard InChI is InChI=1S/C5H12N2.C2H6O/c6-5-1-3-7-4-2-5;1-2-3/h5,7H,1-4,6H2;3H,2H2,1H3. The van der Waals surface area contributed by atoms with Gasteiger partial charge in [-0.1, -0.05) is 0 Å². The number of hydrogen-bond acceptors (Lipinski definition) is 3. The van der Waals surface area contributed by atoms with Gasteiger partial charge in [0.1, 0.15) is 0 Å². The van der Waals surface area contributed by atoms with E-state index in [-0.39, 0.29) is 6.61 Å². The molecule has 62 valence electrons. The summed E-state index contributed by atoms with van der Waals surface area (Å²) in [5.41, 5.74) is 5.59. The van der Waals surface area contributed by atoms with Crippen LogP contribution in [-0.4, -0.2) is 30.8 Å². The molecule has 0 bridgehead atoms. The predicted molar refractivity (Wildman–Crippen MR) is 42.8 cm³/mol. The molecule has 0 aromatic rings. The zero-order valence-corrected chi connectivity index (χ0v) is 6.64. The smallest absolute Gasteiger partial charge is 0.0402 e. The van der Waals surface area contributed by atoms with E-state index in [0.717, 1.165) is 25.9 Å². The second kappa shape index (κ2) is 6.99. The van der Waals surface area contributed by atoms with Crippen molar-refractivity contribution in [2.24, 2.45) is 5.73 Å². The summed E-state index contributed by atoms with van der Waals surface area (Å²) in [7, 11) is 0. The maximum atomic E-state index is 7.57. The van der Waals surface area contributed by atoms with Gasteiger partial charge in [0.2, 0.25) is 0 Å². The van der Waals surface area contributed by atoms with Crippen LogP contribution in [0.1, 0.15) is 19.8 Å². The van der Waals surface area contributed by atoms with Crippen molar-refractivity contribution in [3.8, 4) is 0 Å². The number of aliphatic hydroxyl groups is 1. The second-order valence-electron chi connectivity index (χ2n) is 2.40. The van der Waals surface area contributed by atoms with Crippen molar-refractivity contribution >= 4 is 0 Å². The molecule has 0 aliphatic carbocycles. The molecule has 0 saturated carbocycles. The van der Waals surface area contributed by atoms with E-state index < -0.39 is 0 Å². The van der Waals surface area contributed by atoms with E-state index in [9.17, 15) is 0 Å². The Bertz CT molecular complexity index is 62.6. The second-order valence-corrected chi connectivity index (χ2v) is 2.40. The highest BCUT2D eigenvalue weighted by Gasteiger charge is 2.05. The third-order valence-electron chi connectivity index (χ3n) is 1.38. The van der Waals surface area contributed by atoms with E-state index in [1.165, 1.54) is 0 Å². The van der Waals surface area contributed by atoms with Crippen LogP contribution in [0, 0.1) is 0 Å². The van der Waals surface area contributed by atoms with Gasteiger partial charge in [-0.25, -0.2) is 0 Å². The molecule has 0 atom stereocenters. The number of piperidine rings is 1. The molecule has 1 aliphatic rings. The normalized spacial score (nSPS) is 19.5. The lowest BCUT2D eigenvalue weighted by Gasteiger charge is -2.17. The van der Waals surface area contributed by atoms with Gasteiger partial charge in [-0.2, -0.15) is 0 Å². The van der Waals surface area contributed by atoms with Gasteiger partial charge in [0, 0.05) is 12.6 Å². The summed E-state index contributed by atoms with van der Waals surface area (Å²) in [6.07, 6.45) is 2.31. The van der Waals surface area contributed by atoms with Crippen LogP contribution in [0.2, 0.25) is 0 Å². The fourth-order valence-corrected chi connectivity index (χ4v) is 0.844. The molecule has 0 unspecified atom stereocenters. The third-order valence-corrected chi connectivity index (χ3v) is 1.38. The highest BCUT2D eigenvalue weighted by molar-refractivity contribution is 4.69. The summed E-state index contributed by atoms with van der Waals surface area (Å²) >= 11 is 0. The first-order valence-corrected chi connectivity index (χ1v) is 3.88. The lowest BCUT2D eigenvalue weighted by Crippen LogP contribution is -2.35. The predicted octanol–water partition coefficient (Wildman–Crippen LogP) is -0.304. The zero-order chi connectivity index (χ0) is 7.82. The van der Waals surface area contributed by atoms with Crippen molar-refractivity contribution in [3.05, 3.63) is 0 Å². The molecule has 1 heterocycles. The highest BCUT2D eigenvalue weighted by atomic mass is 16.2. The van der Waals surface area contributed by atoms with Crippen molar-refractivity contribution in [1.29, 1.82) is 0 Å². The number of aliphatic hydroxyl groups excluding tert-OH is 1. The lowest BCUT2D eigenvalue weighted by molar-refractivity contribution is 0.318. The van der Waals surface area contributed by atoms with Gasteiger partial charge in [0.15, 0.2) is 0 Å². The molecule has 1 rings (SSSR count). The van der Waals surface area contributed by atoms with E-state index in [2.05, 4.69) is 5.32 Å². The molecule has 1 saturated heterocycles. The topological polar surface area (TPSA) is 58.3 Å². The minimum absolute atomic E-state index is 0.250. The van der Waals surface area contributed by atoms with E-state index in [1.807, 2.05) is 0 Å². The van der Waals surface area contributed by atoms with Crippen LogP contribution < -0.4 is 11.1 Å². The Labute approximate surface area is 62.6 Å². The molecular formula is C7H18N2O. The summed E-state index contributed by atoms with van der Waals surface area (Å²) in [6, 6.07) is 0.473. The van der Waals surface area contributed by atoms with Crippen LogP contribution in [0.4, 0.5) is 0 Å². The summed E-state index contributed by atoms with van der Waals surface area (Å²) < 4.78 is 0. The largest absolute Gasteiger partial charge is 0.397 e. The molecular weight excluding hydrogens is 128 g/mol. The molecule has 4 N–H and O–H groups in total. The Morgan fingerprint density at radius 1 is 1.50 bits per heavy atom. The number of hydrogen-bond donors (Lipinski definition) is 3. The summed E-state index contributed by atoms with van der Waals surface area (Å²) in [5.74, 6) is 0. The Morgan fingerprint density at radius 2 is 1.90 bits per heavy atom. The SMILES string of the molecule is CCO.NC1CCNCC1. The Kier molecular flexibility index (Phi) is 6.91. The van der Waals surface area contributed by atoms with Crippen LogP contribution in [0.3, 0.4) is 0 Å². The monoisotopic (exact) mass is 146 g/mol. The van der Waals surface area contributed by atoms with Gasteiger partial charge in [0.05, 0.1) is 0 Å². The Hall–Kier alpha value is -0.120. The Morgan fingerprint density at radius 3 is 2.10 bits per heavy atom. The number of nitrogens with two attached hydrogens (primary N) is 1. The van der Waals surface area contributed by atoms with E-state index in [4.69, 9.17) is 10.8 Å². The maximum Gasteiger partial charge on any atom is 0.0402 e. The van der Waals surface area contributed by atoms with E-state index in [0.29, 0.717) is 6.04 Å². The van der Waals surface area contributed by atoms with Crippen LogP contribution in [0.15, 0.2) is 0 Å². The van der Waals surface area contributed by atoms with Gasteiger partial charge in [-0.3, -0.25) is 0 Å². The highest BCUT2D eigenvalue weighted by Crippen LogP contribution is 1.96. The molecule has 1 fully saturated rings. The van der Waals surface area contributed by atoms with Crippen molar-refractivity contribution in [3.63, 3.8) is 0 Å². The summed E-state index contributed by atoms with van der Waals surface area (Å²) in [4.78, 5) is 0. The minimum atomic E-state index is 0.250. The van der Waals surface area contributed by atoms with E-state index in [1.54, 1.807) is 6.92 Å². The zero-order valence-electron chi connectivity index (χ0n) is 6.64. The van der Waals surface area contributed by atoms with Crippen molar-refractivity contribution < 1.29 is 5.11 Å². The van der Waals surface area contributed by atoms with Gasteiger partial charge in [-0.05, 0) is 32.9 Å². The minimum Gasteiger partial charge on any atom is -0.397 e. The average molecular weight is 146 g/mol.